The molecule has 1 aromatic carbocycles. The van der Waals surface area contributed by atoms with Crippen LogP contribution in [0.4, 0.5) is 4.39 Å². The second-order valence-electron chi connectivity index (χ2n) is 6.01. The first-order valence-electron chi connectivity index (χ1n) is 7.89. The molecule has 1 aliphatic carbocycles. The summed E-state index contributed by atoms with van der Waals surface area (Å²) in [4.78, 5) is 3.84. The van der Waals surface area contributed by atoms with Crippen LogP contribution >= 0.6 is 11.6 Å². The molecule has 0 unspecified atom stereocenters. The highest BCUT2D eigenvalue weighted by Gasteiger charge is 2.30. The van der Waals surface area contributed by atoms with Gasteiger partial charge in [-0.1, -0.05) is 11.6 Å². The Morgan fingerprint density at radius 1 is 1.31 bits per heavy atom. The van der Waals surface area contributed by atoms with Crippen LogP contribution < -0.4 is 4.72 Å². The van der Waals surface area contributed by atoms with E-state index in [1.54, 1.807) is 6.07 Å². The predicted molar refractivity (Wildman–Crippen MR) is 93.3 cm³/mol. The largest absolute Gasteiger partial charge is 0.391 e. The first kappa shape index (κ1) is 18.7. The molecule has 1 aromatic heterocycles. The summed E-state index contributed by atoms with van der Waals surface area (Å²) < 4.78 is 40.9. The Labute approximate surface area is 155 Å². The number of benzene rings is 1. The van der Waals surface area contributed by atoms with Crippen molar-refractivity contribution in [2.75, 3.05) is 0 Å². The van der Waals surface area contributed by atoms with Crippen molar-refractivity contribution in [3.8, 4) is 17.3 Å². The summed E-state index contributed by atoms with van der Waals surface area (Å²) in [6, 6.07) is 7.65. The summed E-state index contributed by atoms with van der Waals surface area (Å²) in [7, 11) is -3.84. The Morgan fingerprint density at radius 2 is 2.08 bits per heavy atom. The van der Waals surface area contributed by atoms with Crippen LogP contribution in [-0.2, 0) is 10.0 Å². The highest BCUT2D eigenvalue weighted by atomic mass is 35.5. The van der Waals surface area contributed by atoms with Gasteiger partial charge in [0.2, 0.25) is 10.0 Å². The van der Waals surface area contributed by atoms with Crippen molar-refractivity contribution in [2.24, 2.45) is 0 Å². The molecule has 2 aromatic rings. The van der Waals surface area contributed by atoms with E-state index < -0.39 is 28.0 Å². The third kappa shape index (κ3) is 3.71. The first-order chi connectivity index (χ1) is 12.3. The SMILES string of the molecule is N#Cc1nc(-c2ccc(S(=O)(=O)N[C@H]3CCC[C@@H]3O)cc2Cl)ccc1F. The summed E-state index contributed by atoms with van der Waals surface area (Å²) in [6.07, 6.45) is 1.19. The van der Waals surface area contributed by atoms with Gasteiger partial charge in [-0.2, -0.15) is 5.26 Å². The minimum Gasteiger partial charge on any atom is -0.391 e. The van der Waals surface area contributed by atoms with Gasteiger partial charge in [-0.25, -0.2) is 22.5 Å². The second kappa shape index (κ2) is 7.29. The Balaban J connectivity index is 1.91. The van der Waals surface area contributed by atoms with E-state index in [1.165, 1.54) is 24.3 Å². The second-order valence-corrected chi connectivity index (χ2v) is 8.13. The molecule has 26 heavy (non-hydrogen) atoms. The molecule has 2 atom stereocenters. The maximum absolute atomic E-state index is 13.4. The fourth-order valence-electron chi connectivity index (χ4n) is 2.89. The fraction of sp³-hybridized carbons (Fsp3) is 0.294. The van der Waals surface area contributed by atoms with E-state index in [-0.39, 0.29) is 21.3 Å². The number of halogens is 2. The average Bonchev–Trinajstić information content (AvgIpc) is 2.99. The van der Waals surface area contributed by atoms with Crippen molar-refractivity contribution in [1.29, 1.82) is 5.26 Å². The molecular formula is C17H15ClFN3O3S. The topological polar surface area (TPSA) is 103 Å². The van der Waals surface area contributed by atoms with Crippen LogP contribution in [0, 0.1) is 17.1 Å². The van der Waals surface area contributed by atoms with Crippen molar-refractivity contribution < 1.29 is 17.9 Å². The van der Waals surface area contributed by atoms with Crippen molar-refractivity contribution in [3.63, 3.8) is 0 Å². The average molecular weight is 396 g/mol. The highest BCUT2D eigenvalue weighted by Crippen LogP contribution is 2.30. The number of sulfonamides is 1. The Bertz CT molecular complexity index is 991. The Kier molecular flexibility index (Phi) is 5.25. The normalized spacial score (nSPS) is 20.1. The number of aromatic nitrogens is 1. The molecule has 3 rings (SSSR count). The smallest absolute Gasteiger partial charge is 0.240 e. The molecule has 9 heteroatoms. The monoisotopic (exact) mass is 395 g/mol. The lowest BCUT2D eigenvalue weighted by Crippen LogP contribution is -2.39. The third-order valence-corrected chi connectivity index (χ3v) is 6.07. The van der Waals surface area contributed by atoms with Gasteiger partial charge < -0.3 is 5.11 Å². The molecule has 136 valence electrons. The summed E-state index contributed by atoms with van der Waals surface area (Å²) in [5, 5.41) is 18.8. The fourth-order valence-corrected chi connectivity index (χ4v) is 4.56. The lowest BCUT2D eigenvalue weighted by atomic mass is 10.1. The lowest BCUT2D eigenvalue weighted by molar-refractivity contribution is 0.159. The zero-order chi connectivity index (χ0) is 18.9. The van der Waals surface area contributed by atoms with Gasteiger partial charge in [0, 0.05) is 11.6 Å². The first-order valence-corrected chi connectivity index (χ1v) is 9.75. The van der Waals surface area contributed by atoms with Gasteiger partial charge in [-0.15, -0.1) is 0 Å². The lowest BCUT2D eigenvalue weighted by Gasteiger charge is -2.17. The number of pyridine rings is 1. The van der Waals surface area contributed by atoms with E-state index in [0.717, 1.165) is 12.5 Å². The summed E-state index contributed by atoms with van der Waals surface area (Å²) in [5.74, 6) is -0.745. The van der Waals surface area contributed by atoms with Gasteiger partial charge in [0.15, 0.2) is 11.5 Å². The molecule has 2 N–H and O–H groups in total. The molecule has 0 radical (unpaired) electrons. The predicted octanol–water partition coefficient (Wildman–Crippen LogP) is 2.60. The number of aliphatic hydroxyl groups excluding tert-OH is 1. The molecule has 0 bridgehead atoms. The van der Waals surface area contributed by atoms with Gasteiger partial charge >= 0.3 is 0 Å². The van der Waals surface area contributed by atoms with Gasteiger partial charge in [-0.05, 0) is 49.6 Å². The summed E-state index contributed by atoms with van der Waals surface area (Å²) >= 11 is 6.19. The molecule has 1 aliphatic rings. The maximum atomic E-state index is 13.4. The van der Waals surface area contributed by atoms with Crippen molar-refractivity contribution in [2.45, 2.75) is 36.3 Å². The maximum Gasteiger partial charge on any atom is 0.240 e. The zero-order valence-corrected chi connectivity index (χ0v) is 15.1. The quantitative estimate of drug-likeness (QED) is 0.828. The van der Waals surface area contributed by atoms with Crippen molar-refractivity contribution in [1.82, 2.24) is 9.71 Å². The summed E-state index contributed by atoms with van der Waals surface area (Å²) in [6.45, 7) is 0. The number of rotatable bonds is 4. The molecular weight excluding hydrogens is 381 g/mol. The molecule has 0 aliphatic heterocycles. The minimum absolute atomic E-state index is 0.0482. The van der Waals surface area contributed by atoms with E-state index in [0.29, 0.717) is 18.4 Å². The number of aliphatic hydroxyl groups is 1. The van der Waals surface area contributed by atoms with Crippen LogP contribution in [0.15, 0.2) is 35.2 Å². The highest BCUT2D eigenvalue weighted by molar-refractivity contribution is 7.89. The molecule has 0 saturated heterocycles. The summed E-state index contributed by atoms with van der Waals surface area (Å²) in [5.41, 5.74) is 0.270. The van der Waals surface area contributed by atoms with Crippen LogP contribution in [0.25, 0.3) is 11.3 Å². The van der Waals surface area contributed by atoms with E-state index in [9.17, 15) is 17.9 Å². The van der Waals surface area contributed by atoms with E-state index >= 15 is 0 Å². The third-order valence-electron chi connectivity index (χ3n) is 4.26. The number of nitriles is 1. The van der Waals surface area contributed by atoms with Crippen LogP contribution in [0.2, 0.25) is 5.02 Å². The van der Waals surface area contributed by atoms with Gasteiger partial charge in [-0.3, -0.25) is 0 Å². The number of hydrogen-bond acceptors (Lipinski definition) is 5. The molecule has 0 amide bonds. The number of hydrogen-bond donors (Lipinski definition) is 2. The van der Waals surface area contributed by atoms with E-state index in [4.69, 9.17) is 16.9 Å². The Morgan fingerprint density at radius 3 is 2.69 bits per heavy atom. The Hall–Kier alpha value is -2.05. The standard InChI is InChI=1S/C17H15ClFN3O3S/c18-12-8-10(26(24,25)22-15-2-1-3-17(15)23)4-5-11(12)14-7-6-13(19)16(9-20)21-14/h4-8,15,17,22-23H,1-3H2/t15-,17-/m0/s1. The minimum atomic E-state index is -3.84. The van der Waals surface area contributed by atoms with Gasteiger partial charge in [0.05, 0.1) is 21.7 Å². The number of nitrogens with zero attached hydrogens (tertiary/aromatic N) is 2. The van der Waals surface area contributed by atoms with E-state index in [2.05, 4.69) is 9.71 Å². The molecule has 1 heterocycles. The van der Waals surface area contributed by atoms with E-state index in [1.807, 2.05) is 0 Å². The van der Waals surface area contributed by atoms with Gasteiger partial charge in [0.25, 0.3) is 0 Å². The van der Waals surface area contributed by atoms with Crippen LogP contribution in [0.3, 0.4) is 0 Å². The van der Waals surface area contributed by atoms with Crippen LogP contribution in [-0.4, -0.2) is 30.7 Å². The molecule has 0 spiro atoms. The van der Waals surface area contributed by atoms with Crippen molar-refractivity contribution >= 4 is 21.6 Å². The van der Waals surface area contributed by atoms with Crippen LogP contribution in [0.5, 0.6) is 0 Å². The van der Waals surface area contributed by atoms with Crippen LogP contribution in [0.1, 0.15) is 25.0 Å². The van der Waals surface area contributed by atoms with Crippen molar-refractivity contribution in [3.05, 3.63) is 46.9 Å². The molecule has 6 nitrogen and oxygen atoms in total. The van der Waals surface area contributed by atoms with Gasteiger partial charge in [0.1, 0.15) is 6.07 Å². The zero-order valence-electron chi connectivity index (χ0n) is 13.5. The number of nitrogens with one attached hydrogen (secondary N) is 1. The molecule has 1 fully saturated rings. The molecule has 1 saturated carbocycles.